The molecular formula is C24H24Zr. The summed E-state index contributed by atoms with van der Waals surface area (Å²) in [6.07, 6.45) is 18.9. The van der Waals surface area contributed by atoms with Crippen LogP contribution < -0.4 is 0 Å². The third-order valence-corrected chi connectivity index (χ3v) is 19.2. The predicted molar refractivity (Wildman–Crippen MR) is 104 cm³/mol. The zero-order valence-corrected chi connectivity index (χ0v) is 16.9. The van der Waals surface area contributed by atoms with Crippen LogP contribution in [0.25, 0.3) is 0 Å². The van der Waals surface area contributed by atoms with E-state index in [1.807, 2.05) is 0 Å². The Kier molecular flexibility index (Phi) is 5.13. The molecule has 0 saturated carbocycles. The zero-order chi connectivity index (χ0) is 17.0. The van der Waals surface area contributed by atoms with Crippen LogP contribution in [0.3, 0.4) is 0 Å². The second-order valence-corrected chi connectivity index (χ2v) is 18.2. The molecule has 0 N–H and O–H groups in total. The van der Waals surface area contributed by atoms with E-state index in [1.165, 1.54) is 19.4 Å². The van der Waals surface area contributed by atoms with Gasteiger partial charge in [0.1, 0.15) is 0 Å². The minimum atomic E-state index is -2.72. The van der Waals surface area contributed by atoms with Gasteiger partial charge < -0.3 is 0 Å². The summed E-state index contributed by atoms with van der Waals surface area (Å²) in [5.41, 5.74) is 3.02. The van der Waals surface area contributed by atoms with Gasteiger partial charge in [0.15, 0.2) is 0 Å². The number of hydrogen-bond acceptors (Lipinski definition) is 0. The van der Waals surface area contributed by atoms with E-state index in [0.29, 0.717) is 7.25 Å². The third kappa shape index (κ3) is 3.63. The molecule has 0 aromatic heterocycles. The molecule has 0 bridgehead atoms. The molecule has 0 unspecified atom stereocenters. The average Bonchev–Trinajstić information content (AvgIpc) is 3.37. The van der Waals surface area contributed by atoms with Gasteiger partial charge in [-0.3, -0.25) is 0 Å². The first kappa shape index (κ1) is 16.7. The van der Waals surface area contributed by atoms with E-state index in [4.69, 9.17) is 0 Å². The monoisotopic (exact) mass is 402 g/mol. The summed E-state index contributed by atoms with van der Waals surface area (Å²) in [4.78, 5) is 0. The molecule has 0 radical (unpaired) electrons. The Labute approximate surface area is 155 Å². The second-order valence-electron chi connectivity index (χ2n) is 7.15. The van der Waals surface area contributed by atoms with Gasteiger partial charge in [0.05, 0.1) is 0 Å². The number of allylic oxidation sites excluding steroid dienone is 8. The fourth-order valence-electron chi connectivity index (χ4n) is 4.34. The van der Waals surface area contributed by atoms with Crippen LogP contribution in [0, 0.1) is 0 Å². The maximum atomic E-state index is 2.47. The quantitative estimate of drug-likeness (QED) is 0.526. The predicted octanol–water partition coefficient (Wildman–Crippen LogP) is 6.37. The molecule has 2 aromatic rings. The Bertz CT molecular complexity index is 716. The first-order valence-electron chi connectivity index (χ1n) is 9.15. The van der Waals surface area contributed by atoms with Gasteiger partial charge in [0.2, 0.25) is 0 Å². The van der Waals surface area contributed by atoms with Crippen LogP contribution >= 0.6 is 0 Å². The Balaban J connectivity index is 1.78. The fourth-order valence-corrected chi connectivity index (χ4v) is 17.8. The van der Waals surface area contributed by atoms with Crippen LogP contribution in [0.2, 0.25) is 7.25 Å². The summed E-state index contributed by atoms with van der Waals surface area (Å²) in [5, 5.41) is 0. The summed E-state index contributed by atoms with van der Waals surface area (Å²) < 4.78 is 3.88. The van der Waals surface area contributed by atoms with Gasteiger partial charge in [-0.25, -0.2) is 0 Å². The molecule has 0 atom stereocenters. The molecule has 0 nitrogen and oxygen atoms in total. The van der Waals surface area contributed by atoms with Crippen LogP contribution in [0.4, 0.5) is 0 Å². The zero-order valence-electron chi connectivity index (χ0n) is 14.5. The van der Waals surface area contributed by atoms with Gasteiger partial charge in [0.25, 0.3) is 0 Å². The molecule has 0 amide bonds. The summed E-state index contributed by atoms with van der Waals surface area (Å²) in [6, 6.07) is 22.3. The second kappa shape index (κ2) is 7.67. The molecule has 2 aliphatic carbocycles. The van der Waals surface area contributed by atoms with Crippen LogP contribution in [-0.2, 0) is 28.5 Å². The molecule has 4 rings (SSSR count). The topological polar surface area (TPSA) is 0 Å². The Morgan fingerprint density at radius 1 is 0.520 bits per heavy atom. The van der Waals surface area contributed by atoms with E-state index < -0.39 is 20.3 Å². The molecule has 0 spiro atoms. The molecule has 124 valence electrons. The molecule has 1 heteroatoms. The van der Waals surface area contributed by atoms with Crippen molar-refractivity contribution in [3.63, 3.8) is 0 Å². The molecule has 0 aliphatic heterocycles. The van der Waals surface area contributed by atoms with Crippen molar-refractivity contribution in [1.82, 2.24) is 0 Å². The molecule has 25 heavy (non-hydrogen) atoms. The van der Waals surface area contributed by atoms with Crippen LogP contribution in [0.5, 0.6) is 0 Å². The van der Waals surface area contributed by atoms with Crippen molar-refractivity contribution in [2.24, 2.45) is 0 Å². The van der Waals surface area contributed by atoms with Crippen molar-refractivity contribution in [2.45, 2.75) is 15.5 Å². The van der Waals surface area contributed by atoms with Gasteiger partial charge >= 0.3 is 156 Å². The number of rotatable bonds is 6. The van der Waals surface area contributed by atoms with Crippen molar-refractivity contribution >= 4 is 0 Å². The van der Waals surface area contributed by atoms with Crippen molar-refractivity contribution in [3.05, 3.63) is 120 Å². The summed E-state index contributed by atoms with van der Waals surface area (Å²) in [6.45, 7) is 0. The normalized spacial score (nSPS) is 17.0. The minimum absolute atomic E-state index is 0.659. The molecular weight excluding hydrogens is 379 g/mol. The molecule has 2 aliphatic rings. The van der Waals surface area contributed by atoms with Crippen molar-refractivity contribution in [2.75, 3.05) is 0 Å². The number of benzene rings is 2. The molecule has 0 fully saturated rings. The first-order valence-corrected chi connectivity index (χ1v) is 15.5. The maximum absolute atomic E-state index is 2.72. The third-order valence-electron chi connectivity index (χ3n) is 5.58. The van der Waals surface area contributed by atoms with E-state index in [0.717, 1.165) is 0 Å². The Morgan fingerprint density at radius 2 is 0.880 bits per heavy atom. The Morgan fingerprint density at radius 3 is 1.24 bits per heavy atom. The molecule has 0 saturated heterocycles. The van der Waals surface area contributed by atoms with E-state index >= 15 is 0 Å². The van der Waals surface area contributed by atoms with E-state index in [-0.39, 0.29) is 0 Å². The van der Waals surface area contributed by atoms with Gasteiger partial charge in [-0.05, 0) is 0 Å². The van der Waals surface area contributed by atoms with Gasteiger partial charge in [-0.2, -0.15) is 0 Å². The fraction of sp³-hybridized carbons (Fsp3) is 0.167. The first-order chi connectivity index (χ1) is 12.4. The molecule has 0 heterocycles. The summed E-state index contributed by atoms with van der Waals surface area (Å²) >= 11 is -2.72. The average molecular weight is 404 g/mol. The summed E-state index contributed by atoms with van der Waals surface area (Å²) in [7, 11) is 0. The van der Waals surface area contributed by atoms with E-state index in [2.05, 4.69) is 109 Å². The van der Waals surface area contributed by atoms with Crippen LogP contribution in [0.15, 0.2) is 109 Å². The van der Waals surface area contributed by atoms with Gasteiger partial charge in [0, 0.05) is 0 Å². The van der Waals surface area contributed by atoms with Crippen molar-refractivity contribution in [1.29, 1.82) is 0 Å². The SMILES string of the molecule is C1=C[CH]([Zr]([CH2]c2ccccc2)([CH2]c2ccccc2)[CH]2C=CC=C2)C=C1. The van der Waals surface area contributed by atoms with Crippen molar-refractivity contribution in [3.8, 4) is 0 Å². The van der Waals surface area contributed by atoms with Gasteiger partial charge in [-0.15, -0.1) is 0 Å². The van der Waals surface area contributed by atoms with Crippen molar-refractivity contribution < 1.29 is 20.3 Å². The standard InChI is InChI=1S/2C7H7.2C5H5.Zr/c2*1-7-5-3-2-4-6-7;2*1-2-4-5-3-1;/h2*2-6H,1H2;2*1-5H;. The molecule has 2 aromatic carbocycles. The summed E-state index contributed by atoms with van der Waals surface area (Å²) in [5.74, 6) is 0. The van der Waals surface area contributed by atoms with Crippen LogP contribution in [0.1, 0.15) is 11.1 Å². The van der Waals surface area contributed by atoms with E-state index in [9.17, 15) is 0 Å². The van der Waals surface area contributed by atoms with Crippen LogP contribution in [-0.4, -0.2) is 0 Å². The van der Waals surface area contributed by atoms with E-state index in [1.54, 1.807) is 0 Å². The Hall–Kier alpha value is -1.72. The number of hydrogen-bond donors (Lipinski definition) is 0. The van der Waals surface area contributed by atoms with Gasteiger partial charge in [-0.1, -0.05) is 0 Å².